The van der Waals surface area contributed by atoms with E-state index in [4.69, 9.17) is 0 Å². The third-order valence-electron chi connectivity index (χ3n) is 4.14. The average Bonchev–Trinajstić information content (AvgIpc) is 2.33. The first-order valence-corrected chi connectivity index (χ1v) is 6.53. The summed E-state index contributed by atoms with van der Waals surface area (Å²) in [4.78, 5) is 0. The molecule has 1 aromatic carbocycles. The summed E-state index contributed by atoms with van der Waals surface area (Å²) in [6.07, 6.45) is 6.27. The van der Waals surface area contributed by atoms with E-state index in [0.717, 1.165) is 18.4 Å². The topological polar surface area (TPSA) is 20.2 Å². The summed E-state index contributed by atoms with van der Waals surface area (Å²) in [5.41, 5.74) is 1.07. The molecule has 0 bridgehead atoms. The molecule has 0 aromatic heterocycles. The largest absolute Gasteiger partial charge is 0.392 e. The third-order valence-corrected chi connectivity index (χ3v) is 4.14. The van der Waals surface area contributed by atoms with E-state index in [1.165, 1.54) is 31.4 Å². The fraction of sp³-hybridized carbons (Fsp3) is 0.600. The molecule has 17 heavy (non-hydrogen) atoms. The van der Waals surface area contributed by atoms with E-state index in [9.17, 15) is 9.50 Å². The van der Waals surface area contributed by atoms with Crippen LogP contribution in [-0.4, -0.2) is 11.2 Å². The molecule has 1 saturated carbocycles. The number of aliphatic hydroxyl groups excluding tert-OH is 1. The van der Waals surface area contributed by atoms with Gasteiger partial charge in [-0.2, -0.15) is 0 Å². The van der Waals surface area contributed by atoms with Crippen LogP contribution in [0.25, 0.3) is 0 Å². The normalized spacial score (nSPS) is 21.1. The highest BCUT2D eigenvalue weighted by Gasteiger charge is 2.34. The fourth-order valence-corrected chi connectivity index (χ4v) is 2.78. The van der Waals surface area contributed by atoms with Crippen molar-refractivity contribution in [1.82, 2.24) is 0 Å². The minimum absolute atomic E-state index is 0.0483. The van der Waals surface area contributed by atoms with Crippen LogP contribution in [0.15, 0.2) is 24.3 Å². The molecule has 1 aliphatic carbocycles. The van der Waals surface area contributed by atoms with Crippen LogP contribution < -0.4 is 0 Å². The second-order valence-corrected chi connectivity index (χ2v) is 5.56. The first-order valence-electron chi connectivity index (χ1n) is 6.53. The van der Waals surface area contributed by atoms with Crippen LogP contribution in [0.5, 0.6) is 0 Å². The lowest BCUT2D eigenvalue weighted by molar-refractivity contribution is 0.0104. The molecule has 1 unspecified atom stereocenters. The van der Waals surface area contributed by atoms with Gasteiger partial charge in [0.15, 0.2) is 0 Å². The molecule has 1 aromatic rings. The second kappa shape index (κ2) is 5.18. The van der Waals surface area contributed by atoms with Crippen molar-refractivity contribution in [3.8, 4) is 0 Å². The van der Waals surface area contributed by atoms with Crippen molar-refractivity contribution in [2.45, 2.75) is 51.6 Å². The Bertz CT molecular complexity index is 352. The molecule has 2 rings (SSSR count). The molecule has 0 saturated heterocycles. The molecule has 0 amide bonds. The Morgan fingerprint density at radius 1 is 1.18 bits per heavy atom. The first-order chi connectivity index (χ1) is 8.10. The highest BCUT2D eigenvalue weighted by Crippen LogP contribution is 2.39. The number of hydrogen-bond donors (Lipinski definition) is 1. The minimum atomic E-state index is -0.312. The van der Waals surface area contributed by atoms with Gasteiger partial charge in [0.1, 0.15) is 5.82 Å². The molecule has 1 atom stereocenters. The summed E-state index contributed by atoms with van der Waals surface area (Å²) in [6.45, 7) is 2.18. The molecule has 0 aliphatic heterocycles. The highest BCUT2D eigenvalue weighted by atomic mass is 19.1. The van der Waals surface area contributed by atoms with Gasteiger partial charge >= 0.3 is 0 Å². The predicted molar refractivity (Wildman–Crippen MR) is 67.3 cm³/mol. The van der Waals surface area contributed by atoms with Crippen LogP contribution in [0.2, 0.25) is 0 Å². The van der Waals surface area contributed by atoms with Gasteiger partial charge in [-0.1, -0.05) is 38.3 Å². The zero-order valence-corrected chi connectivity index (χ0v) is 10.5. The van der Waals surface area contributed by atoms with E-state index in [1.807, 2.05) is 0 Å². The number of benzene rings is 1. The number of aliphatic hydroxyl groups is 1. The maximum absolute atomic E-state index is 12.8. The number of rotatable bonds is 3. The van der Waals surface area contributed by atoms with E-state index in [-0.39, 0.29) is 17.3 Å². The van der Waals surface area contributed by atoms with Gasteiger partial charge < -0.3 is 5.11 Å². The smallest absolute Gasteiger partial charge is 0.123 e. The quantitative estimate of drug-likeness (QED) is 0.848. The Hall–Kier alpha value is -0.890. The lowest BCUT2D eigenvalue weighted by Gasteiger charge is -2.38. The first kappa shape index (κ1) is 12.6. The predicted octanol–water partition coefficient (Wildman–Crippen LogP) is 3.70. The molecule has 0 heterocycles. The fourth-order valence-electron chi connectivity index (χ4n) is 2.78. The van der Waals surface area contributed by atoms with Gasteiger partial charge in [0.25, 0.3) is 0 Å². The van der Waals surface area contributed by atoms with Crippen LogP contribution >= 0.6 is 0 Å². The van der Waals surface area contributed by atoms with Crippen LogP contribution in [0, 0.1) is 11.2 Å². The maximum Gasteiger partial charge on any atom is 0.123 e. The summed E-state index contributed by atoms with van der Waals surface area (Å²) >= 11 is 0. The second-order valence-electron chi connectivity index (χ2n) is 5.56. The van der Waals surface area contributed by atoms with Gasteiger partial charge in [0, 0.05) is 0 Å². The van der Waals surface area contributed by atoms with Crippen molar-refractivity contribution in [3.63, 3.8) is 0 Å². The van der Waals surface area contributed by atoms with Crippen molar-refractivity contribution >= 4 is 0 Å². The van der Waals surface area contributed by atoms with Crippen LogP contribution in [-0.2, 0) is 6.42 Å². The summed E-state index contributed by atoms with van der Waals surface area (Å²) in [5.74, 6) is -0.216. The molecule has 1 N–H and O–H groups in total. The van der Waals surface area contributed by atoms with Crippen LogP contribution in [0.4, 0.5) is 4.39 Å². The monoisotopic (exact) mass is 236 g/mol. The maximum atomic E-state index is 12.8. The Balaban J connectivity index is 2.00. The Morgan fingerprint density at radius 3 is 2.35 bits per heavy atom. The molecular weight excluding hydrogens is 215 g/mol. The van der Waals surface area contributed by atoms with E-state index < -0.39 is 0 Å². The van der Waals surface area contributed by atoms with E-state index in [1.54, 1.807) is 12.1 Å². The number of hydrogen-bond acceptors (Lipinski definition) is 1. The Labute approximate surface area is 103 Å². The van der Waals surface area contributed by atoms with Gasteiger partial charge in [0.05, 0.1) is 6.10 Å². The molecule has 94 valence electrons. The summed E-state index contributed by atoms with van der Waals surface area (Å²) in [7, 11) is 0. The van der Waals surface area contributed by atoms with Crippen LogP contribution in [0.3, 0.4) is 0 Å². The van der Waals surface area contributed by atoms with E-state index in [0.29, 0.717) is 6.42 Å². The molecule has 1 aliphatic rings. The lowest BCUT2D eigenvalue weighted by Crippen LogP contribution is -2.35. The van der Waals surface area contributed by atoms with Gasteiger partial charge in [-0.15, -0.1) is 0 Å². The Morgan fingerprint density at radius 2 is 1.76 bits per heavy atom. The molecule has 0 spiro atoms. The van der Waals surface area contributed by atoms with Gasteiger partial charge in [-0.3, -0.25) is 0 Å². The van der Waals surface area contributed by atoms with Crippen molar-refractivity contribution in [2.24, 2.45) is 5.41 Å². The minimum Gasteiger partial charge on any atom is -0.392 e. The van der Waals surface area contributed by atoms with Crippen molar-refractivity contribution in [1.29, 1.82) is 0 Å². The van der Waals surface area contributed by atoms with E-state index in [2.05, 4.69) is 6.92 Å². The standard InChI is InChI=1S/C15H21FO/c1-15(9-3-2-4-10-15)14(17)11-12-5-7-13(16)8-6-12/h5-8,14,17H,2-4,9-11H2,1H3. The zero-order chi connectivity index (χ0) is 12.3. The summed E-state index contributed by atoms with van der Waals surface area (Å²) < 4.78 is 12.8. The van der Waals surface area contributed by atoms with Gasteiger partial charge in [0.2, 0.25) is 0 Å². The van der Waals surface area contributed by atoms with Crippen LogP contribution in [0.1, 0.15) is 44.6 Å². The van der Waals surface area contributed by atoms with E-state index >= 15 is 0 Å². The molecule has 2 heteroatoms. The zero-order valence-electron chi connectivity index (χ0n) is 10.5. The Kier molecular flexibility index (Phi) is 3.82. The highest BCUT2D eigenvalue weighted by molar-refractivity contribution is 5.17. The van der Waals surface area contributed by atoms with Crippen molar-refractivity contribution in [2.75, 3.05) is 0 Å². The molecule has 1 fully saturated rings. The third kappa shape index (κ3) is 3.06. The number of halogens is 1. The molecular formula is C15H21FO. The summed E-state index contributed by atoms with van der Waals surface area (Å²) in [6, 6.07) is 6.46. The van der Waals surface area contributed by atoms with Crippen molar-refractivity contribution < 1.29 is 9.50 Å². The SMILES string of the molecule is CC1(C(O)Cc2ccc(F)cc2)CCCCC1. The van der Waals surface area contributed by atoms with Gasteiger partial charge in [-0.05, 0) is 42.4 Å². The summed E-state index contributed by atoms with van der Waals surface area (Å²) in [5, 5.41) is 10.4. The lowest BCUT2D eigenvalue weighted by atomic mass is 9.70. The average molecular weight is 236 g/mol. The molecule has 1 nitrogen and oxygen atoms in total. The van der Waals surface area contributed by atoms with Gasteiger partial charge in [-0.25, -0.2) is 4.39 Å². The molecule has 0 radical (unpaired) electrons. The van der Waals surface area contributed by atoms with Crippen molar-refractivity contribution in [3.05, 3.63) is 35.6 Å².